The molecule has 0 aliphatic carbocycles. The van der Waals surface area contributed by atoms with Gasteiger partial charge in [-0.05, 0) is 31.9 Å². The van der Waals surface area contributed by atoms with E-state index < -0.39 is 40.0 Å². The first kappa shape index (κ1) is 22.7. The molecule has 158 valence electrons. The van der Waals surface area contributed by atoms with E-state index in [1.54, 1.807) is 0 Å². The van der Waals surface area contributed by atoms with Gasteiger partial charge in [0, 0.05) is 5.33 Å². The Hall–Kier alpha value is -2.56. The van der Waals surface area contributed by atoms with Crippen molar-refractivity contribution < 1.29 is 32.4 Å². The maximum absolute atomic E-state index is 13.6. The van der Waals surface area contributed by atoms with Crippen LogP contribution in [-0.4, -0.2) is 23.0 Å². The molecule has 1 heterocycles. The normalized spacial score (nSPS) is 17.1. The first-order chi connectivity index (χ1) is 13.6. The maximum atomic E-state index is 13.6. The summed E-state index contributed by atoms with van der Waals surface area (Å²) >= 11 is 3.17. The number of carbonyl (C=O) groups is 1. The molecule has 0 amide bonds. The van der Waals surface area contributed by atoms with Gasteiger partial charge in [0.25, 0.3) is 5.70 Å². The summed E-state index contributed by atoms with van der Waals surface area (Å²) in [6, 6.07) is 4.47. The molecule has 0 spiro atoms. The van der Waals surface area contributed by atoms with Crippen molar-refractivity contribution in [2.75, 3.05) is 11.9 Å². The third kappa shape index (κ3) is 5.28. The fraction of sp³-hybridized carbons (Fsp3) is 0.389. The average Bonchev–Trinajstić information content (AvgIpc) is 2.62. The lowest BCUT2D eigenvalue weighted by Gasteiger charge is -2.28. The Kier molecular flexibility index (Phi) is 7.28. The van der Waals surface area contributed by atoms with E-state index in [0.717, 1.165) is 12.1 Å². The highest BCUT2D eigenvalue weighted by atomic mass is 79.9. The highest BCUT2D eigenvalue weighted by Gasteiger charge is 2.44. The zero-order valence-corrected chi connectivity index (χ0v) is 17.1. The van der Waals surface area contributed by atoms with Crippen LogP contribution >= 0.6 is 15.9 Å². The molecule has 1 aliphatic heterocycles. The zero-order valence-electron chi connectivity index (χ0n) is 15.5. The molecule has 1 aromatic rings. The SMILES string of the molecule is CC1=C(OC(=O)OCCCBr)C(c2ccccc2C(F)(F)F)C([N+](=O)[O-])=C(C)N1. The number of alkyl halides is 4. The van der Waals surface area contributed by atoms with Gasteiger partial charge < -0.3 is 14.8 Å². The van der Waals surface area contributed by atoms with Crippen molar-refractivity contribution >= 4 is 22.1 Å². The molecule has 1 aromatic carbocycles. The second-order valence-electron chi connectivity index (χ2n) is 6.14. The van der Waals surface area contributed by atoms with Gasteiger partial charge in [-0.15, -0.1) is 0 Å². The molecule has 1 unspecified atom stereocenters. The van der Waals surface area contributed by atoms with E-state index >= 15 is 0 Å². The van der Waals surface area contributed by atoms with Gasteiger partial charge in [-0.25, -0.2) is 4.79 Å². The van der Waals surface area contributed by atoms with Gasteiger partial charge in [0.15, 0.2) is 0 Å². The third-order valence-corrected chi connectivity index (χ3v) is 4.69. The van der Waals surface area contributed by atoms with E-state index in [1.165, 1.54) is 26.0 Å². The molecule has 0 saturated carbocycles. The summed E-state index contributed by atoms with van der Waals surface area (Å²) in [5.74, 6) is -1.87. The summed E-state index contributed by atoms with van der Waals surface area (Å²) in [7, 11) is 0. The molecule has 0 aromatic heterocycles. The van der Waals surface area contributed by atoms with Crippen molar-refractivity contribution in [1.29, 1.82) is 0 Å². The fourth-order valence-corrected chi connectivity index (χ4v) is 3.20. The number of carbonyl (C=O) groups excluding carboxylic acids is 1. The summed E-state index contributed by atoms with van der Waals surface area (Å²) in [5, 5.41) is 14.9. The minimum atomic E-state index is -4.76. The van der Waals surface area contributed by atoms with Gasteiger partial charge in [-0.2, -0.15) is 13.2 Å². The zero-order chi connectivity index (χ0) is 21.8. The van der Waals surface area contributed by atoms with Crippen molar-refractivity contribution in [2.24, 2.45) is 0 Å². The van der Waals surface area contributed by atoms with Crippen molar-refractivity contribution in [1.82, 2.24) is 5.32 Å². The van der Waals surface area contributed by atoms with E-state index in [1.807, 2.05) is 0 Å². The summed E-state index contributed by atoms with van der Waals surface area (Å²) in [6.45, 7) is 2.84. The van der Waals surface area contributed by atoms with Crippen molar-refractivity contribution in [3.8, 4) is 0 Å². The van der Waals surface area contributed by atoms with Crippen LogP contribution in [0.2, 0.25) is 0 Å². The van der Waals surface area contributed by atoms with E-state index in [9.17, 15) is 28.1 Å². The smallest absolute Gasteiger partial charge is 0.434 e. The van der Waals surface area contributed by atoms with E-state index in [4.69, 9.17) is 9.47 Å². The van der Waals surface area contributed by atoms with Crippen LogP contribution in [0.3, 0.4) is 0 Å². The molecule has 1 aliphatic rings. The van der Waals surface area contributed by atoms with Gasteiger partial charge in [-0.1, -0.05) is 34.1 Å². The summed E-state index contributed by atoms with van der Waals surface area (Å²) in [4.78, 5) is 22.9. The molecule has 2 rings (SSSR count). The van der Waals surface area contributed by atoms with Crippen LogP contribution in [0.1, 0.15) is 37.3 Å². The largest absolute Gasteiger partial charge is 0.513 e. The predicted molar refractivity (Wildman–Crippen MR) is 101 cm³/mol. The van der Waals surface area contributed by atoms with Crippen molar-refractivity contribution in [3.63, 3.8) is 0 Å². The number of nitrogens with one attached hydrogen (secondary N) is 1. The number of dihydropyridines is 1. The highest BCUT2D eigenvalue weighted by molar-refractivity contribution is 9.09. The quantitative estimate of drug-likeness (QED) is 0.202. The number of nitro groups is 1. The highest BCUT2D eigenvalue weighted by Crippen LogP contribution is 2.44. The Morgan fingerprint density at radius 1 is 1.28 bits per heavy atom. The van der Waals surface area contributed by atoms with Crippen LogP contribution < -0.4 is 5.32 Å². The summed E-state index contributed by atoms with van der Waals surface area (Å²) in [6.07, 6.45) is -5.42. The fourth-order valence-electron chi connectivity index (χ4n) is 2.97. The number of ether oxygens (including phenoxy) is 2. The Labute approximate surface area is 172 Å². The second kappa shape index (κ2) is 9.29. The van der Waals surface area contributed by atoms with Gasteiger partial charge in [-0.3, -0.25) is 10.1 Å². The van der Waals surface area contributed by atoms with Crippen LogP contribution in [0.5, 0.6) is 0 Å². The number of hydrogen-bond acceptors (Lipinski definition) is 6. The summed E-state index contributed by atoms with van der Waals surface area (Å²) < 4.78 is 50.7. The number of hydrogen-bond donors (Lipinski definition) is 1. The van der Waals surface area contributed by atoms with Crippen LogP contribution in [-0.2, 0) is 15.7 Å². The minimum Gasteiger partial charge on any atom is -0.434 e. The lowest BCUT2D eigenvalue weighted by Crippen LogP contribution is -2.31. The third-order valence-electron chi connectivity index (χ3n) is 4.13. The Balaban J connectivity index is 2.56. The Bertz CT molecular complexity index is 867. The van der Waals surface area contributed by atoms with Gasteiger partial charge in [0.2, 0.25) is 0 Å². The monoisotopic (exact) mass is 478 g/mol. The first-order valence-electron chi connectivity index (χ1n) is 8.47. The van der Waals surface area contributed by atoms with Gasteiger partial charge >= 0.3 is 12.3 Å². The van der Waals surface area contributed by atoms with Crippen LogP contribution in [0.25, 0.3) is 0 Å². The van der Waals surface area contributed by atoms with Crippen molar-refractivity contribution in [2.45, 2.75) is 32.4 Å². The lowest BCUT2D eigenvalue weighted by atomic mass is 9.86. The number of halogens is 4. The topological polar surface area (TPSA) is 90.7 Å². The lowest BCUT2D eigenvalue weighted by molar-refractivity contribution is -0.431. The number of nitrogens with zero attached hydrogens (tertiary/aromatic N) is 1. The average molecular weight is 479 g/mol. The maximum Gasteiger partial charge on any atom is 0.513 e. The van der Waals surface area contributed by atoms with E-state index in [0.29, 0.717) is 11.8 Å². The molecule has 1 atom stereocenters. The molecule has 29 heavy (non-hydrogen) atoms. The Morgan fingerprint density at radius 2 is 1.93 bits per heavy atom. The van der Waals surface area contributed by atoms with Crippen molar-refractivity contribution in [3.05, 3.63) is 68.4 Å². The molecule has 0 radical (unpaired) electrons. The first-order valence-corrected chi connectivity index (χ1v) is 9.59. The standard InChI is InChI=1S/C18H18BrF3N2O5/c1-10-15(24(26)27)14(12-6-3-4-7-13(12)18(20,21)22)16(11(2)23-10)29-17(25)28-9-5-8-19/h3-4,6-7,14,23H,5,8-9H2,1-2H3. The molecular weight excluding hydrogens is 461 g/mol. The minimum absolute atomic E-state index is 0.0185. The van der Waals surface area contributed by atoms with Gasteiger partial charge in [0.05, 0.1) is 28.5 Å². The van der Waals surface area contributed by atoms with Crippen LogP contribution in [0, 0.1) is 10.1 Å². The molecule has 7 nitrogen and oxygen atoms in total. The van der Waals surface area contributed by atoms with E-state index in [2.05, 4.69) is 21.2 Å². The number of benzene rings is 1. The molecule has 0 bridgehead atoms. The number of rotatable bonds is 6. The predicted octanol–water partition coefficient (Wildman–Crippen LogP) is 5.07. The second-order valence-corrected chi connectivity index (χ2v) is 6.94. The van der Waals surface area contributed by atoms with Gasteiger partial charge in [0.1, 0.15) is 11.7 Å². The number of allylic oxidation sites excluding steroid dienone is 2. The Morgan fingerprint density at radius 3 is 2.52 bits per heavy atom. The molecule has 1 N–H and O–H groups in total. The van der Waals surface area contributed by atoms with Crippen LogP contribution in [0.4, 0.5) is 18.0 Å². The molecule has 0 fully saturated rings. The summed E-state index contributed by atoms with van der Waals surface area (Å²) in [5.41, 5.74) is -1.77. The van der Waals surface area contributed by atoms with Crippen LogP contribution in [0.15, 0.2) is 47.1 Å². The molecular formula is C18H18BrF3N2O5. The van der Waals surface area contributed by atoms with E-state index in [-0.39, 0.29) is 23.8 Å². The molecule has 11 heteroatoms. The molecule has 0 saturated heterocycles.